The predicted molar refractivity (Wildman–Crippen MR) is 76.0 cm³/mol. The normalized spacial score (nSPS) is 15.1. The molecule has 0 unspecified atom stereocenters. The Labute approximate surface area is 125 Å². The Hall–Kier alpha value is -2.38. The lowest BCUT2D eigenvalue weighted by molar-refractivity contribution is -0.137. The van der Waals surface area contributed by atoms with Gasteiger partial charge < -0.3 is 10.2 Å². The lowest BCUT2D eigenvalue weighted by Gasteiger charge is -2.16. The third kappa shape index (κ3) is 3.26. The summed E-state index contributed by atoms with van der Waals surface area (Å²) in [4.78, 5) is 6.38. The Morgan fingerprint density at radius 2 is 1.91 bits per heavy atom. The van der Waals surface area contributed by atoms with E-state index >= 15 is 0 Å². The van der Waals surface area contributed by atoms with Gasteiger partial charge in [-0.25, -0.2) is 0 Å². The molecule has 0 saturated carbocycles. The summed E-state index contributed by atoms with van der Waals surface area (Å²) >= 11 is 0. The van der Waals surface area contributed by atoms with Crippen molar-refractivity contribution in [1.82, 2.24) is 15.2 Å². The van der Waals surface area contributed by atoms with Crippen LogP contribution in [-0.4, -0.2) is 28.3 Å². The zero-order chi connectivity index (χ0) is 15.6. The van der Waals surface area contributed by atoms with Crippen molar-refractivity contribution in [3.05, 3.63) is 36.0 Å². The fourth-order valence-corrected chi connectivity index (χ4v) is 2.35. The zero-order valence-electron chi connectivity index (χ0n) is 11.6. The molecule has 0 radical (unpaired) electrons. The van der Waals surface area contributed by atoms with Crippen molar-refractivity contribution in [3.8, 4) is 0 Å². The van der Waals surface area contributed by atoms with Gasteiger partial charge in [-0.2, -0.15) is 23.3 Å². The third-order valence-corrected chi connectivity index (χ3v) is 3.42. The first-order valence-electron chi connectivity index (χ1n) is 6.91. The number of hydrogen-bond donors (Lipinski definition) is 1. The van der Waals surface area contributed by atoms with E-state index in [4.69, 9.17) is 0 Å². The van der Waals surface area contributed by atoms with Gasteiger partial charge in [0, 0.05) is 18.8 Å². The first kappa shape index (κ1) is 14.6. The molecule has 0 aliphatic carbocycles. The van der Waals surface area contributed by atoms with E-state index in [1.165, 1.54) is 12.1 Å². The smallest absolute Gasteiger partial charge is 0.355 e. The molecule has 3 rings (SSSR count). The van der Waals surface area contributed by atoms with E-state index in [0.717, 1.165) is 38.1 Å². The average Bonchev–Trinajstić information content (AvgIpc) is 3.01. The number of nitrogens with zero attached hydrogens (tertiary/aromatic N) is 4. The summed E-state index contributed by atoms with van der Waals surface area (Å²) in [5, 5.41) is 10.4. The maximum atomic E-state index is 12.7. The van der Waals surface area contributed by atoms with Gasteiger partial charge >= 0.3 is 6.18 Å². The standard InChI is InChI=1S/C14H14F3N5/c15-14(16,17)10-4-3-5-11(8-10)19-13-20-12(9-18-21-13)22-6-1-2-7-22/h3-5,8-9H,1-2,6-7H2,(H,19,20,21). The van der Waals surface area contributed by atoms with Gasteiger partial charge in [-0.05, 0) is 31.0 Å². The van der Waals surface area contributed by atoms with Crippen LogP contribution in [0.5, 0.6) is 0 Å². The molecule has 1 aromatic heterocycles. The third-order valence-electron chi connectivity index (χ3n) is 3.42. The number of rotatable bonds is 3. The molecule has 2 heterocycles. The molecule has 0 bridgehead atoms. The van der Waals surface area contributed by atoms with Gasteiger partial charge in [0.1, 0.15) is 0 Å². The second-order valence-corrected chi connectivity index (χ2v) is 5.04. The summed E-state index contributed by atoms with van der Waals surface area (Å²) in [6.45, 7) is 1.81. The van der Waals surface area contributed by atoms with Crippen LogP contribution in [0.25, 0.3) is 0 Å². The molecule has 1 aromatic carbocycles. The van der Waals surface area contributed by atoms with Crippen molar-refractivity contribution < 1.29 is 13.2 Å². The van der Waals surface area contributed by atoms with Crippen LogP contribution in [0.2, 0.25) is 0 Å². The van der Waals surface area contributed by atoms with E-state index in [-0.39, 0.29) is 11.6 Å². The Kier molecular flexibility index (Phi) is 3.82. The van der Waals surface area contributed by atoms with E-state index < -0.39 is 11.7 Å². The van der Waals surface area contributed by atoms with Gasteiger partial charge in [0.05, 0.1) is 11.8 Å². The molecule has 5 nitrogen and oxygen atoms in total. The minimum Gasteiger partial charge on any atom is -0.355 e. The molecule has 1 aliphatic heterocycles. The number of anilines is 3. The molecule has 22 heavy (non-hydrogen) atoms. The Morgan fingerprint density at radius 3 is 2.64 bits per heavy atom. The van der Waals surface area contributed by atoms with Crippen LogP contribution < -0.4 is 10.2 Å². The lowest BCUT2D eigenvalue weighted by Crippen LogP contribution is -2.20. The highest BCUT2D eigenvalue weighted by atomic mass is 19.4. The topological polar surface area (TPSA) is 53.9 Å². The van der Waals surface area contributed by atoms with E-state index in [0.29, 0.717) is 5.82 Å². The lowest BCUT2D eigenvalue weighted by atomic mass is 10.2. The second-order valence-electron chi connectivity index (χ2n) is 5.04. The summed E-state index contributed by atoms with van der Waals surface area (Å²) in [5.74, 6) is 0.866. The number of aromatic nitrogens is 3. The average molecular weight is 309 g/mol. The van der Waals surface area contributed by atoms with Crippen LogP contribution in [-0.2, 0) is 6.18 Å². The Morgan fingerprint density at radius 1 is 1.14 bits per heavy atom. The summed E-state index contributed by atoms with van der Waals surface area (Å²) < 4.78 is 38.1. The van der Waals surface area contributed by atoms with Crippen molar-refractivity contribution in [1.29, 1.82) is 0 Å². The molecular formula is C14H14F3N5. The van der Waals surface area contributed by atoms with Crippen molar-refractivity contribution in [2.24, 2.45) is 0 Å². The highest BCUT2D eigenvalue weighted by molar-refractivity contribution is 5.55. The number of alkyl halides is 3. The first-order chi connectivity index (χ1) is 10.5. The van der Waals surface area contributed by atoms with Crippen LogP contribution in [0.4, 0.5) is 30.6 Å². The number of benzene rings is 1. The molecular weight excluding hydrogens is 295 g/mol. The molecule has 0 spiro atoms. The zero-order valence-corrected chi connectivity index (χ0v) is 11.6. The molecule has 116 valence electrons. The largest absolute Gasteiger partial charge is 0.416 e. The molecule has 1 fully saturated rings. The molecule has 8 heteroatoms. The summed E-state index contributed by atoms with van der Waals surface area (Å²) in [6, 6.07) is 4.90. The number of nitrogens with one attached hydrogen (secondary N) is 1. The molecule has 0 atom stereocenters. The summed E-state index contributed by atoms with van der Waals surface area (Å²) in [6.07, 6.45) is -0.627. The van der Waals surface area contributed by atoms with Gasteiger partial charge in [0.15, 0.2) is 5.82 Å². The SMILES string of the molecule is FC(F)(F)c1cccc(Nc2nncc(N3CCCC3)n2)c1. The molecule has 2 aromatic rings. The maximum absolute atomic E-state index is 12.7. The molecule has 0 amide bonds. The monoisotopic (exact) mass is 309 g/mol. The van der Waals surface area contributed by atoms with E-state index in [1.807, 2.05) is 0 Å². The van der Waals surface area contributed by atoms with Crippen molar-refractivity contribution in [2.75, 3.05) is 23.3 Å². The van der Waals surface area contributed by atoms with Crippen molar-refractivity contribution in [3.63, 3.8) is 0 Å². The number of hydrogen-bond acceptors (Lipinski definition) is 5. The van der Waals surface area contributed by atoms with Gasteiger partial charge in [0.2, 0.25) is 5.95 Å². The predicted octanol–water partition coefficient (Wildman–Crippen LogP) is 3.23. The molecule has 1 N–H and O–H groups in total. The Balaban J connectivity index is 1.80. The highest BCUT2D eigenvalue weighted by Crippen LogP contribution is 2.31. The van der Waals surface area contributed by atoms with Crippen LogP contribution in [0.1, 0.15) is 18.4 Å². The quantitative estimate of drug-likeness (QED) is 0.943. The van der Waals surface area contributed by atoms with Gasteiger partial charge in [-0.3, -0.25) is 0 Å². The minimum atomic E-state index is -4.38. The fraction of sp³-hybridized carbons (Fsp3) is 0.357. The van der Waals surface area contributed by atoms with E-state index in [1.54, 1.807) is 6.20 Å². The second kappa shape index (κ2) is 5.78. The van der Waals surface area contributed by atoms with Crippen LogP contribution in [0.3, 0.4) is 0 Å². The fourth-order valence-electron chi connectivity index (χ4n) is 2.35. The van der Waals surface area contributed by atoms with Crippen molar-refractivity contribution >= 4 is 17.5 Å². The van der Waals surface area contributed by atoms with Gasteiger partial charge in [-0.1, -0.05) is 6.07 Å². The minimum absolute atomic E-state index is 0.184. The molecule has 1 saturated heterocycles. The van der Waals surface area contributed by atoms with Gasteiger partial charge in [-0.15, -0.1) is 5.10 Å². The summed E-state index contributed by atoms with van der Waals surface area (Å²) in [7, 11) is 0. The van der Waals surface area contributed by atoms with Crippen molar-refractivity contribution in [2.45, 2.75) is 19.0 Å². The number of halogens is 3. The van der Waals surface area contributed by atoms with E-state index in [2.05, 4.69) is 25.4 Å². The highest BCUT2D eigenvalue weighted by Gasteiger charge is 2.30. The first-order valence-corrected chi connectivity index (χ1v) is 6.91. The van der Waals surface area contributed by atoms with E-state index in [9.17, 15) is 13.2 Å². The van der Waals surface area contributed by atoms with Crippen LogP contribution in [0.15, 0.2) is 30.5 Å². The Bertz CT molecular complexity index is 653. The molecule has 1 aliphatic rings. The van der Waals surface area contributed by atoms with Gasteiger partial charge in [0.25, 0.3) is 0 Å². The van der Waals surface area contributed by atoms with Crippen LogP contribution >= 0.6 is 0 Å². The summed E-state index contributed by atoms with van der Waals surface area (Å²) in [5.41, 5.74) is -0.448. The van der Waals surface area contributed by atoms with Crippen LogP contribution in [0, 0.1) is 0 Å². The maximum Gasteiger partial charge on any atom is 0.416 e.